The maximum absolute atomic E-state index is 12.2. The molecule has 0 unspecified atom stereocenters. The van der Waals surface area contributed by atoms with Crippen LogP contribution in [0.25, 0.3) is 0 Å². The minimum absolute atomic E-state index is 0.0731. The van der Waals surface area contributed by atoms with Gasteiger partial charge in [-0.15, -0.1) is 0 Å². The molecule has 0 amide bonds. The summed E-state index contributed by atoms with van der Waals surface area (Å²) in [5.41, 5.74) is -0.0731. The van der Waals surface area contributed by atoms with E-state index in [2.05, 4.69) is 31.1 Å². The summed E-state index contributed by atoms with van der Waals surface area (Å²) in [6.07, 6.45) is 1.64. The molecule has 1 saturated heterocycles. The summed E-state index contributed by atoms with van der Waals surface area (Å²) in [6.45, 7) is 7.09. The largest absolute Gasteiger partial charge is 0.320 e. The van der Waals surface area contributed by atoms with Gasteiger partial charge in [0.1, 0.15) is 0 Å². The van der Waals surface area contributed by atoms with Crippen LogP contribution in [0.1, 0.15) is 26.7 Å². The van der Waals surface area contributed by atoms with Gasteiger partial charge in [0.25, 0.3) is 0 Å². The predicted octanol–water partition coefficient (Wildman–Crippen LogP) is 0.342. The Hall–Kier alpha value is -0.170. The van der Waals surface area contributed by atoms with Gasteiger partial charge in [0.15, 0.2) is 0 Å². The van der Waals surface area contributed by atoms with Crippen molar-refractivity contribution in [1.29, 1.82) is 0 Å². The third-order valence-corrected chi connectivity index (χ3v) is 5.66. The molecule has 1 aliphatic heterocycles. The van der Waals surface area contributed by atoms with Crippen LogP contribution in [-0.4, -0.2) is 69.2 Å². The molecule has 18 heavy (non-hydrogen) atoms. The summed E-state index contributed by atoms with van der Waals surface area (Å²) >= 11 is 0. The van der Waals surface area contributed by atoms with Crippen LogP contribution in [0.15, 0.2) is 0 Å². The molecule has 0 atom stereocenters. The van der Waals surface area contributed by atoms with Crippen molar-refractivity contribution in [2.24, 2.45) is 0 Å². The average molecular weight is 277 g/mol. The van der Waals surface area contributed by atoms with Gasteiger partial charge in [-0.3, -0.25) is 4.90 Å². The fourth-order valence-electron chi connectivity index (χ4n) is 2.15. The number of rotatable bonds is 6. The SMILES string of the molecule is CNCCCCS(=O)(=O)N1CCN(C)C(C)(C)C1. The zero-order valence-electron chi connectivity index (χ0n) is 12.1. The van der Waals surface area contributed by atoms with E-state index in [0.717, 1.165) is 25.9 Å². The van der Waals surface area contributed by atoms with E-state index in [1.54, 1.807) is 4.31 Å². The summed E-state index contributed by atoms with van der Waals surface area (Å²) in [5.74, 6) is 0.272. The summed E-state index contributed by atoms with van der Waals surface area (Å²) in [7, 11) is 0.859. The Morgan fingerprint density at radius 1 is 1.22 bits per heavy atom. The quantitative estimate of drug-likeness (QED) is 0.712. The van der Waals surface area contributed by atoms with Crippen LogP contribution in [0.3, 0.4) is 0 Å². The lowest BCUT2D eigenvalue weighted by atomic mass is 10.0. The maximum Gasteiger partial charge on any atom is 0.214 e. The molecular weight excluding hydrogens is 250 g/mol. The molecule has 1 rings (SSSR count). The van der Waals surface area contributed by atoms with E-state index in [4.69, 9.17) is 0 Å². The first-order valence-electron chi connectivity index (χ1n) is 6.63. The highest BCUT2D eigenvalue weighted by Gasteiger charge is 2.35. The number of nitrogens with zero attached hydrogens (tertiary/aromatic N) is 2. The molecule has 0 radical (unpaired) electrons. The Kier molecular flexibility index (Phi) is 5.58. The van der Waals surface area contributed by atoms with Crippen molar-refractivity contribution in [2.75, 3.05) is 46.0 Å². The molecule has 6 heteroatoms. The zero-order valence-corrected chi connectivity index (χ0v) is 12.9. The second-order valence-electron chi connectivity index (χ2n) is 5.69. The number of unbranched alkanes of at least 4 members (excludes halogenated alkanes) is 1. The number of piperazine rings is 1. The van der Waals surface area contributed by atoms with Crippen LogP contribution in [0.4, 0.5) is 0 Å². The van der Waals surface area contributed by atoms with Gasteiger partial charge < -0.3 is 5.32 Å². The molecule has 0 aromatic carbocycles. The van der Waals surface area contributed by atoms with Crippen LogP contribution < -0.4 is 5.32 Å². The third kappa shape index (κ3) is 4.19. The molecule has 1 N–H and O–H groups in total. The molecule has 5 nitrogen and oxygen atoms in total. The molecule has 0 aromatic rings. The van der Waals surface area contributed by atoms with Gasteiger partial charge in [0.05, 0.1) is 5.75 Å². The summed E-state index contributed by atoms with van der Waals surface area (Å²) in [5, 5.41) is 3.04. The van der Waals surface area contributed by atoms with E-state index in [1.807, 2.05) is 7.05 Å². The minimum atomic E-state index is -3.08. The molecule has 108 valence electrons. The Balaban J connectivity index is 2.53. The van der Waals surface area contributed by atoms with Crippen LogP contribution >= 0.6 is 0 Å². The fourth-order valence-corrected chi connectivity index (χ4v) is 3.85. The van der Waals surface area contributed by atoms with Gasteiger partial charge in [0, 0.05) is 25.2 Å². The van der Waals surface area contributed by atoms with Gasteiger partial charge in [-0.25, -0.2) is 8.42 Å². The van der Waals surface area contributed by atoms with E-state index in [-0.39, 0.29) is 11.3 Å². The molecular formula is C12H27N3O2S. The Morgan fingerprint density at radius 3 is 2.44 bits per heavy atom. The van der Waals surface area contributed by atoms with Crippen molar-refractivity contribution in [3.05, 3.63) is 0 Å². The van der Waals surface area contributed by atoms with Crippen LogP contribution in [0, 0.1) is 0 Å². The molecule has 1 heterocycles. The molecule has 0 spiro atoms. The first-order chi connectivity index (χ1) is 8.29. The molecule has 0 bridgehead atoms. The van der Waals surface area contributed by atoms with Gasteiger partial charge in [-0.2, -0.15) is 4.31 Å². The smallest absolute Gasteiger partial charge is 0.214 e. The lowest BCUT2D eigenvalue weighted by Gasteiger charge is -2.44. The lowest BCUT2D eigenvalue weighted by Crippen LogP contribution is -2.59. The van der Waals surface area contributed by atoms with Gasteiger partial charge >= 0.3 is 0 Å². The van der Waals surface area contributed by atoms with Crippen molar-refractivity contribution in [3.63, 3.8) is 0 Å². The van der Waals surface area contributed by atoms with Crippen molar-refractivity contribution in [1.82, 2.24) is 14.5 Å². The van der Waals surface area contributed by atoms with Gasteiger partial charge in [-0.1, -0.05) is 0 Å². The molecule has 1 aliphatic rings. The number of hydrogen-bond acceptors (Lipinski definition) is 4. The van der Waals surface area contributed by atoms with Crippen molar-refractivity contribution in [2.45, 2.75) is 32.2 Å². The third-order valence-electron chi connectivity index (χ3n) is 3.75. The van der Waals surface area contributed by atoms with Crippen molar-refractivity contribution >= 4 is 10.0 Å². The topological polar surface area (TPSA) is 52.7 Å². The van der Waals surface area contributed by atoms with E-state index in [9.17, 15) is 8.42 Å². The number of sulfonamides is 1. The maximum atomic E-state index is 12.2. The number of likely N-dealkylation sites (N-methyl/N-ethyl adjacent to an activating group) is 1. The Labute approximate surface area is 112 Å². The normalized spacial score (nSPS) is 22.2. The van der Waals surface area contributed by atoms with E-state index < -0.39 is 10.0 Å². The Morgan fingerprint density at radius 2 is 1.89 bits per heavy atom. The molecule has 0 aliphatic carbocycles. The van der Waals surface area contributed by atoms with Crippen LogP contribution in [0.5, 0.6) is 0 Å². The highest BCUT2D eigenvalue weighted by atomic mass is 32.2. The van der Waals surface area contributed by atoms with E-state index >= 15 is 0 Å². The average Bonchev–Trinajstić information content (AvgIpc) is 2.28. The predicted molar refractivity (Wildman–Crippen MR) is 75.2 cm³/mol. The highest BCUT2D eigenvalue weighted by Crippen LogP contribution is 2.21. The monoisotopic (exact) mass is 277 g/mol. The van der Waals surface area contributed by atoms with Gasteiger partial charge in [-0.05, 0) is 47.3 Å². The van der Waals surface area contributed by atoms with Crippen LogP contribution in [-0.2, 0) is 10.0 Å². The Bertz CT molecular complexity index is 354. The fraction of sp³-hybridized carbons (Fsp3) is 1.00. The highest BCUT2D eigenvalue weighted by molar-refractivity contribution is 7.89. The van der Waals surface area contributed by atoms with Crippen molar-refractivity contribution < 1.29 is 8.42 Å². The second kappa shape index (κ2) is 6.32. The number of nitrogens with one attached hydrogen (secondary N) is 1. The standard InChI is InChI=1S/C12H27N3O2S/c1-12(2)11-15(9-8-14(12)4)18(16,17)10-6-5-7-13-3/h13H,5-11H2,1-4H3. The molecule has 0 aromatic heterocycles. The second-order valence-corrected chi connectivity index (χ2v) is 7.78. The summed E-state index contributed by atoms with van der Waals surface area (Å²) in [4.78, 5) is 2.22. The lowest BCUT2D eigenvalue weighted by molar-refractivity contribution is 0.0801. The number of hydrogen-bond donors (Lipinski definition) is 1. The first-order valence-corrected chi connectivity index (χ1v) is 8.24. The molecule has 1 fully saturated rings. The zero-order chi connectivity index (χ0) is 13.8. The summed E-state index contributed by atoms with van der Waals surface area (Å²) in [6, 6.07) is 0. The summed E-state index contributed by atoms with van der Waals surface area (Å²) < 4.78 is 26.1. The minimum Gasteiger partial charge on any atom is -0.320 e. The van der Waals surface area contributed by atoms with Crippen LogP contribution in [0.2, 0.25) is 0 Å². The first kappa shape index (κ1) is 15.9. The van der Waals surface area contributed by atoms with E-state index in [0.29, 0.717) is 13.1 Å². The van der Waals surface area contributed by atoms with E-state index in [1.165, 1.54) is 0 Å². The van der Waals surface area contributed by atoms with Gasteiger partial charge in [0.2, 0.25) is 10.0 Å². The molecule has 0 saturated carbocycles. The van der Waals surface area contributed by atoms with Crippen molar-refractivity contribution in [3.8, 4) is 0 Å².